The standard InChI is InChI=1S/C19H17ClN2O5S/c1-26-18-8-7-14(20)11-17(18)22-28(24,25)16-6-2-4-13(10-16)19(23)21-12-15-5-3-9-27-15/h2-11,22H,12H2,1H3,(H,21,23). The molecule has 0 aliphatic rings. The second-order valence-corrected chi connectivity index (χ2v) is 7.86. The average molecular weight is 421 g/mol. The molecule has 2 aromatic carbocycles. The Morgan fingerprint density at radius 2 is 1.96 bits per heavy atom. The predicted octanol–water partition coefficient (Wildman–Crippen LogP) is 3.67. The molecule has 1 aromatic heterocycles. The number of methoxy groups -OCH3 is 1. The minimum absolute atomic E-state index is 0.0693. The molecule has 7 nitrogen and oxygen atoms in total. The van der Waals surface area contributed by atoms with Gasteiger partial charge in [-0.1, -0.05) is 17.7 Å². The number of hydrogen-bond acceptors (Lipinski definition) is 5. The number of hydrogen-bond donors (Lipinski definition) is 2. The number of rotatable bonds is 7. The van der Waals surface area contributed by atoms with E-state index in [-0.39, 0.29) is 22.7 Å². The van der Waals surface area contributed by atoms with Crippen molar-refractivity contribution < 1.29 is 22.4 Å². The van der Waals surface area contributed by atoms with E-state index >= 15 is 0 Å². The second-order valence-electron chi connectivity index (χ2n) is 5.74. The average Bonchev–Trinajstić information content (AvgIpc) is 3.20. The zero-order valence-electron chi connectivity index (χ0n) is 14.8. The van der Waals surface area contributed by atoms with Crippen LogP contribution in [0, 0.1) is 0 Å². The highest BCUT2D eigenvalue weighted by atomic mass is 35.5. The molecule has 0 unspecified atom stereocenters. The van der Waals surface area contributed by atoms with Crippen molar-refractivity contribution in [2.75, 3.05) is 11.8 Å². The van der Waals surface area contributed by atoms with E-state index in [2.05, 4.69) is 10.0 Å². The molecule has 0 fully saturated rings. The summed E-state index contributed by atoms with van der Waals surface area (Å²) in [4.78, 5) is 12.2. The Kier molecular flexibility index (Phi) is 5.91. The molecule has 0 aliphatic heterocycles. The van der Waals surface area contributed by atoms with Gasteiger partial charge < -0.3 is 14.5 Å². The zero-order valence-corrected chi connectivity index (χ0v) is 16.4. The molecule has 0 bridgehead atoms. The van der Waals surface area contributed by atoms with Crippen LogP contribution in [0.15, 0.2) is 70.2 Å². The quantitative estimate of drug-likeness (QED) is 0.607. The van der Waals surface area contributed by atoms with Crippen molar-refractivity contribution >= 4 is 33.2 Å². The Bertz CT molecular complexity index is 1080. The van der Waals surface area contributed by atoms with Gasteiger partial charge in [0.15, 0.2) is 0 Å². The summed E-state index contributed by atoms with van der Waals surface area (Å²) in [5, 5.41) is 3.02. The highest BCUT2D eigenvalue weighted by molar-refractivity contribution is 7.92. The Morgan fingerprint density at radius 3 is 2.68 bits per heavy atom. The summed E-state index contributed by atoms with van der Waals surface area (Å²) in [6.45, 7) is 0.195. The van der Waals surface area contributed by atoms with E-state index in [0.29, 0.717) is 16.5 Å². The molecule has 28 heavy (non-hydrogen) atoms. The molecule has 1 amide bonds. The lowest BCUT2D eigenvalue weighted by molar-refractivity contribution is 0.0948. The Labute approximate surface area is 167 Å². The second kappa shape index (κ2) is 8.37. The van der Waals surface area contributed by atoms with Crippen LogP contribution in [0.4, 0.5) is 5.69 Å². The Balaban J connectivity index is 1.80. The van der Waals surface area contributed by atoms with E-state index in [1.165, 1.54) is 43.7 Å². The third-order valence-electron chi connectivity index (χ3n) is 3.82. The van der Waals surface area contributed by atoms with Gasteiger partial charge in [-0.15, -0.1) is 0 Å². The number of halogens is 1. The lowest BCUT2D eigenvalue weighted by atomic mass is 10.2. The molecule has 1 heterocycles. The Hall–Kier alpha value is -2.97. The molecule has 9 heteroatoms. The van der Waals surface area contributed by atoms with Crippen molar-refractivity contribution in [3.05, 3.63) is 77.2 Å². The van der Waals surface area contributed by atoms with E-state index in [1.807, 2.05) is 0 Å². The summed E-state index contributed by atoms with van der Waals surface area (Å²) in [6.07, 6.45) is 1.50. The maximum Gasteiger partial charge on any atom is 0.262 e. The topological polar surface area (TPSA) is 97.6 Å². The molecule has 0 atom stereocenters. The lowest BCUT2D eigenvalue weighted by Gasteiger charge is -2.13. The van der Waals surface area contributed by atoms with Gasteiger partial charge in [0.05, 0.1) is 30.5 Å². The fourth-order valence-electron chi connectivity index (χ4n) is 2.45. The highest BCUT2D eigenvalue weighted by Gasteiger charge is 2.19. The fourth-order valence-corrected chi connectivity index (χ4v) is 3.73. The summed E-state index contributed by atoms with van der Waals surface area (Å²) >= 11 is 5.94. The van der Waals surface area contributed by atoms with Crippen molar-refractivity contribution in [2.45, 2.75) is 11.4 Å². The number of carbonyl (C=O) groups excluding carboxylic acids is 1. The third-order valence-corrected chi connectivity index (χ3v) is 5.41. The summed E-state index contributed by atoms with van der Waals surface area (Å²) in [7, 11) is -2.54. The number of benzene rings is 2. The molecule has 2 N–H and O–H groups in total. The van der Waals surface area contributed by atoms with Gasteiger partial charge in [-0.3, -0.25) is 9.52 Å². The first kappa shape index (κ1) is 19.8. The molecule has 0 aliphatic carbocycles. The van der Waals surface area contributed by atoms with E-state index in [9.17, 15) is 13.2 Å². The zero-order chi connectivity index (χ0) is 20.1. The summed E-state index contributed by atoms with van der Waals surface area (Å²) in [5.41, 5.74) is 0.398. The summed E-state index contributed by atoms with van der Waals surface area (Å²) < 4.78 is 38.2. The molecular formula is C19H17ClN2O5S. The summed E-state index contributed by atoms with van der Waals surface area (Å²) in [6, 6.07) is 13.7. The van der Waals surface area contributed by atoms with Crippen LogP contribution in [0.1, 0.15) is 16.1 Å². The van der Waals surface area contributed by atoms with Crippen LogP contribution in [-0.2, 0) is 16.6 Å². The van der Waals surface area contributed by atoms with Crippen LogP contribution in [0.5, 0.6) is 5.75 Å². The number of sulfonamides is 1. The van der Waals surface area contributed by atoms with Crippen molar-refractivity contribution in [3.8, 4) is 5.75 Å². The van der Waals surface area contributed by atoms with Gasteiger partial charge in [-0.05, 0) is 48.5 Å². The predicted molar refractivity (Wildman–Crippen MR) is 105 cm³/mol. The normalized spacial score (nSPS) is 11.1. The smallest absolute Gasteiger partial charge is 0.262 e. The van der Waals surface area contributed by atoms with Crippen LogP contribution in [0.2, 0.25) is 5.02 Å². The van der Waals surface area contributed by atoms with Gasteiger partial charge >= 0.3 is 0 Å². The van der Waals surface area contributed by atoms with Crippen LogP contribution in [-0.4, -0.2) is 21.4 Å². The van der Waals surface area contributed by atoms with Crippen LogP contribution in [0.25, 0.3) is 0 Å². The van der Waals surface area contributed by atoms with E-state index < -0.39 is 15.9 Å². The van der Waals surface area contributed by atoms with Gasteiger partial charge in [0, 0.05) is 10.6 Å². The molecular weight excluding hydrogens is 404 g/mol. The fraction of sp³-hybridized carbons (Fsp3) is 0.105. The monoisotopic (exact) mass is 420 g/mol. The molecule has 0 saturated heterocycles. The number of nitrogens with one attached hydrogen (secondary N) is 2. The highest BCUT2D eigenvalue weighted by Crippen LogP contribution is 2.29. The maximum atomic E-state index is 12.7. The van der Waals surface area contributed by atoms with Gasteiger partial charge in [0.1, 0.15) is 11.5 Å². The molecule has 0 radical (unpaired) electrons. The molecule has 3 rings (SSSR count). The maximum absolute atomic E-state index is 12.7. The van der Waals surface area contributed by atoms with Crippen molar-refractivity contribution in [2.24, 2.45) is 0 Å². The van der Waals surface area contributed by atoms with E-state index in [4.69, 9.17) is 20.8 Å². The minimum Gasteiger partial charge on any atom is -0.495 e. The largest absolute Gasteiger partial charge is 0.495 e. The number of ether oxygens (including phenoxy) is 1. The first-order valence-corrected chi connectivity index (χ1v) is 10.0. The number of amides is 1. The first-order chi connectivity index (χ1) is 13.4. The third kappa shape index (κ3) is 4.65. The lowest BCUT2D eigenvalue weighted by Crippen LogP contribution is -2.23. The number of anilines is 1. The van der Waals surface area contributed by atoms with Crippen molar-refractivity contribution in [1.29, 1.82) is 0 Å². The Morgan fingerprint density at radius 1 is 1.14 bits per heavy atom. The SMILES string of the molecule is COc1ccc(Cl)cc1NS(=O)(=O)c1cccc(C(=O)NCc2ccco2)c1. The first-order valence-electron chi connectivity index (χ1n) is 8.16. The van der Waals surface area contributed by atoms with Crippen LogP contribution < -0.4 is 14.8 Å². The summed E-state index contributed by atoms with van der Waals surface area (Å²) in [5.74, 6) is 0.487. The van der Waals surface area contributed by atoms with Crippen molar-refractivity contribution in [3.63, 3.8) is 0 Å². The number of carbonyl (C=O) groups is 1. The van der Waals surface area contributed by atoms with Gasteiger partial charge in [0.2, 0.25) is 0 Å². The van der Waals surface area contributed by atoms with Gasteiger partial charge in [0.25, 0.3) is 15.9 Å². The number of furan rings is 1. The molecule has 0 spiro atoms. The minimum atomic E-state index is -3.96. The molecule has 0 saturated carbocycles. The van der Waals surface area contributed by atoms with Crippen LogP contribution in [0.3, 0.4) is 0 Å². The van der Waals surface area contributed by atoms with Crippen LogP contribution >= 0.6 is 11.6 Å². The van der Waals surface area contributed by atoms with E-state index in [1.54, 1.807) is 24.3 Å². The van der Waals surface area contributed by atoms with E-state index in [0.717, 1.165) is 0 Å². The van der Waals surface area contributed by atoms with Gasteiger partial charge in [-0.25, -0.2) is 8.42 Å². The molecule has 3 aromatic rings. The molecule has 146 valence electrons. The van der Waals surface area contributed by atoms with Gasteiger partial charge in [-0.2, -0.15) is 0 Å². The van der Waals surface area contributed by atoms with Crippen molar-refractivity contribution in [1.82, 2.24) is 5.32 Å².